The Morgan fingerprint density at radius 2 is 1.88 bits per heavy atom. The lowest BCUT2D eigenvalue weighted by Crippen LogP contribution is -2.42. The van der Waals surface area contributed by atoms with Crippen LogP contribution in [0.1, 0.15) is 10.8 Å². The molecule has 8 heteroatoms. The van der Waals surface area contributed by atoms with Gasteiger partial charge in [-0.25, -0.2) is 0 Å². The van der Waals surface area contributed by atoms with Gasteiger partial charge in [-0.3, -0.25) is 4.79 Å². The molecule has 4 rings (SSSR count). The molecule has 1 aromatic carbocycles. The standard InChI is InChI=1S/C18H17N3O4S/c22-17(21-8-11-23-12-9-21)15(13-5-2-1-3-6-13)26-18-20-19-16(25-18)14-7-4-10-24-14/h1-7,10,15H,8-9,11-12H2/t15-/m1/s1. The average molecular weight is 371 g/mol. The third-order valence-corrected chi connectivity index (χ3v) is 5.08. The van der Waals surface area contributed by atoms with Gasteiger partial charge < -0.3 is 18.5 Å². The van der Waals surface area contributed by atoms with Gasteiger partial charge in [-0.15, -0.1) is 10.2 Å². The van der Waals surface area contributed by atoms with Gasteiger partial charge in [-0.2, -0.15) is 0 Å². The van der Waals surface area contributed by atoms with Gasteiger partial charge in [0.15, 0.2) is 5.76 Å². The first-order valence-corrected chi connectivity index (χ1v) is 9.15. The molecule has 134 valence electrons. The molecule has 1 fully saturated rings. The van der Waals surface area contributed by atoms with Crippen molar-refractivity contribution < 1.29 is 18.4 Å². The Morgan fingerprint density at radius 1 is 1.08 bits per heavy atom. The molecule has 26 heavy (non-hydrogen) atoms. The molecule has 1 aliphatic heterocycles. The molecule has 1 aliphatic rings. The first-order valence-electron chi connectivity index (χ1n) is 8.27. The molecule has 3 aromatic rings. The number of hydrogen-bond donors (Lipinski definition) is 0. The molecule has 1 amide bonds. The number of furan rings is 1. The van der Waals surface area contributed by atoms with Gasteiger partial charge in [0, 0.05) is 13.1 Å². The Bertz CT molecular complexity index is 844. The number of amides is 1. The summed E-state index contributed by atoms with van der Waals surface area (Å²) in [4.78, 5) is 14.9. The summed E-state index contributed by atoms with van der Waals surface area (Å²) in [6.07, 6.45) is 1.54. The SMILES string of the molecule is O=C([C@H](Sc1nnc(-c2ccco2)o1)c1ccccc1)N1CCOCC1. The lowest BCUT2D eigenvalue weighted by Gasteiger charge is -2.29. The Kier molecular flexibility index (Phi) is 5.03. The van der Waals surface area contributed by atoms with Crippen molar-refractivity contribution in [3.05, 3.63) is 54.3 Å². The third-order valence-electron chi connectivity index (χ3n) is 4.01. The first-order chi connectivity index (χ1) is 12.8. The molecule has 2 aromatic heterocycles. The van der Waals surface area contributed by atoms with E-state index in [0.717, 1.165) is 5.56 Å². The number of benzene rings is 1. The highest BCUT2D eigenvalue weighted by molar-refractivity contribution is 8.00. The minimum absolute atomic E-state index is 0.0160. The molecule has 0 radical (unpaired) electrons. The van der Waals surface area contributed by atoms with Gasteiger partial charge in [0.2, 0.25) is 5.91 Å². The number of thioether (sulfide) groups is 1. The van der Waals surface area contributed by atoms with E-state index in [2.05, 4.69) is 10.2 Å². The van der Waals surface area contributed by atoms with Crippen molar-refractivity contribution in [2.24, 2.45) is 0 Å². The molecular formula is C18H17N3O4S. The topological polar surface area (TPSA) is 81.6 Å². The number of nitrogens with zero attached hydrogens (tertiary/aromatic N) is 3. The maximum atomic E-state index is 13.1. The highest BCUT2D eigenvalue weighted by atomic mass is 32.2. The predicted molar refractivity (Wildman–Crippen MR) is 94.4 cm³/mol. The van der Waals surface area contributed by atoms with E-state index in [1.165, 1.54) is 11.8 Å². The minimum Gasteiger partial charge on any atom is -0.459 e. The Labute approximate surface area is 154 Å². The van der Waals surface area contributed by atoms with Gasteiger partial charge in [0.05, 0.1) is 19.5 Å². The van der Waals surface area contributed by atoms with Crippen LogP contribution in [-0.4, -0.2) is 47.3 Å². The second-order valence-electron chi connectivity index (χ2n) is 5.70. The van der Waals surface area contributed by atoms with Gasteiger partial charge in [-0.05, 0) is 29.5 Å². The van der Waals surface area contributed by atoms with Crippen LogP contribution < -0.4 is 0 Å². The first kappa shape index (κ1) is 16.9. The summed E-state index contributed by atoms with van der Waals surface area (Å²) >= 11 is 1.25. The monoisotopic (exact) mass is 371 g/mol. The van der Waals surface area contributed by atoms with Crippen molar-refractivity contribution >= 4 is 17.7 Å². The normalized spacial score (nSPS) is 15.8. The second kappa shape index (κ2) is 7.76. The molecule has 0 aliphatic carbocycles. The number of aromatic nitrogens is 2. The number of rotatable bonds is 5. The van der Waals surface area contributed by atoms with Crippen molar-refractivity contribution in [1.82, 2.24) is 15.1 Å². The van der Waals surface area contributed by atoms with Gasteiger partial charge in [0.1, 0.15) is 5.25 Å². The highest BCUT2D eigenvalue weighted by Gasteiger charge is 2.30. The van der Waals surface area contributed by atoms with E-state index in [4.69, 9.17) is 13.6 Å². The predicted octanol–water partition coefficient (Wildman–Crippen LogP) is 3.02. The lowest BCUT2D eigenvalue weighted by atomic mass is 10.1. The van der Waals surface area contributed by atoms with Crippen molar-refractivity contribution in [1.29, 1.82) is 0 Å². The maximum Gasteiger partial charge on any atom is 0.284 e. The smallest absolute Gasteiger partial charge is 0.284 e. The van der Waals surface area contributed by atoms with Crippen LogP contribution in [-0.2, 0) is 9.53 Å². The Balaban J connectivity index is 1.58. The highest BCUT2D eigenvalue weighted by Crippen LogP contribution is 2.37. The largest absolute Gasteiger partial charge is 0.459 e. The molecule has 0 spiro atoms. The molecule has 0 N–H and O–H groups in total. The second-order valence-corrected chi connectivity index (χ2v) is 6.75. The minimum atomic E-state index is -0.459. The molecular weight excluding hydrogens is 354 g/mol. The van der Waals surface area contributed by atoms with Gasteiger partial charge in [-0.1, -0.05) is 30.3 Å². The van der Waals surface area contributed by atoms with E-state index in [1.807, 2.05) is 35.2 Å². The van der Waals surface area contributed by atoms with Crippen LogP contribution in [0.3, 0.4) is 0 Å². The summed E-state index contributed by atoms with van der Waals surface area (Å²) in [5, 5.41) is 7.92. The number of carbonyl (C=O) groups is 1. The zero-order valence-electron chi connectivity index (χ0n) is 13.9. The average Bonchev–Trinajstić information content (AvgIpc) is 3.39. The van der Waals surface area contributed by atoms with Crippen LogP contribution in [0.2, 0.25) is 0 Å². The Morgan fingerprint density at radius 3 is 2.62 bits per heavy atom. The zero-order valence-corrected chi connectivity index (χ0v) is 14.7. The van der Waals surface area contributed by atoms with Crippen molar-refractivity contribution in [3.8, 4) is 11.7 Å². The number of morpholine rings is 1. The quantitative estimate of drug-likeness (QED) is 0.638. The molecule has 1 atom stereocenters. The van der Waals surface area contributed by atoms with E-state index >= 15 is 0 Å². The number of carbonyl (C=O) groups excluding carboxylic acids is 1. The van der Waals surface area contributed by atoms with Crippen molar-refractivity contribution in [2.45, 2.75) is 10.5 Å². The Hall–Kier alpha value is -2.58. The fourth-order valence-electron chi connectivity index (χ4n) is 2.70. The van der Waals surface area contributed by atoms with Crippen LogP contribution >= 0.6 is 11.8 Å². The van der Waals surface area contributed by atoms with Gasteiger partial charge in [0.25, 0.3) is 11.1 Å². The number of ether oxygens (including phenoxy) is 1. The van der Waals surface area contributed by atoms with Crippen LogP contribution in [0.25, 0.3) is 11.7 Å². The fourth-order valence-corrected chi connectivity index (χ4v) is 3.66. The van der Waals surface area contributed by atoms with E-state index in [9.17, 15) is 4.79 Å². The molecule has 1 saturated heterocycles. The van der Waals surface area contributed by atoms with Crippen LogP contribution in [0, 0.1) is 0 Å². The van der Waals surface area contributed by atoms with E-state index in [1.54, 1.807) is 18.4 Å². The molecule has 7 nitrogen and oxygen atoms in total. The molecule has 0 unspecified atom stereocenters. The summed E-state index contributed by atoms with van der Waals surface area (Å²) in [5.74, 6) is 0.811. The van der Waals surface area contributed by atoms with Gasteiger partial charge >= 0.3 is 0 Å². The van der Waals surface area contributed by atoms with Crippen LogP contribution in [0.4, 0.5) is 0 Å². The van der Waals surface area contributed by atoms with E-state index in [-0.39, 0.29) is 5.91 Å². The van der Waals surface area contributed by atoms with Crippen LogP contribution in [0.5, 0.6) is 0 Å². The molecule has 3 heterocycles. The maximum absolute atomic E-state index is 13.1. The summed E-state index contributed by atoms with van der Waals surface area (Å²) in [6, 6.07) is 13.1. The van der Waals surface area contributed by atoms with Crippen molar-refractivity contribution in [3.63, 3.8) is 0 Å². The van der Waals surface area contributed by atoms with Crippen molar-refractivity contribution in [2.75, 3.05) is 26.3 Å². The molecule has 0 saturated carbocycles. The lowest BCUT2D eigenvalue weighted by molar-refractivity contribution is -0.134. The van der Waals surface area contributed by atoms with Crippen LogP contribution in [0.15, 0.2) is 62.8 Å². The summed E-state index contributed by atoms with van der Waals surface area (Å²) in [5.41, 5.74) is 0.895. The fraction of sp³-hybridized carbons (Fsp3) is 0.278. The van der Waals surface area contributed by atoms with E-state index < -0.39 is 5.25 Å². The summed E-state index contributed by atoms with van der Waals surface area (Å²) < 4.78 is 16.3. The summed E-state index contributed by atoms with van der Waals surface area (Å²) in [6.45, 7) is 2.29. The summed E-state index contributed by atoms with van der Waals surface area (Å²) in [7, 11) is 0. The number of hydrogen-bond acceptors (Lipinski definition) is 7. The zero-order chi connectivity index (χ0) is 17.8. The molecule has 0 bridgehead atoms. The van der Waals surface area contributed by atoms with E-state index in [0.29, 0.717) is 43.2 Å². The third kappa shape index (κ3) is 3.66.